The molecule has 0 aliphatic carbocycles. The van der Waals surface area contributed by atoms with E-state index >= 15 is 0 Å². The van der Waals surface area contributed by atoms with Gasteiger partial charge in [0.25, 0.3) is 0 Å². The molecule has 0 aliphatic rings. The molecule has 0 spiro atoms. The summed E-state index contributed by atoms with van der Waals surface area (Å²) in [7, 11) is 0. The molecule has 0 unspecified atom stereocenters. The van der Waals surface area contributed by atoms with Crippen LogP contribution in [-0.4, -0.2) is 5.11 Å². The summed E-state index contributed by atoms with van der Waals surface area (Å²) in [4.78, 5) is 0. The van der Waals surface area contributed by atoms with Crippen molar-refractivity contribution in [2.24, 2.45) is 0 Å². The second-order valence-electron chi connectivity index (χ2n) is 4.58. The normalized spacial score (nSPS) is 11.6. The molecule has 2 nitrogen and oxygen atoms in total. The van der Waals surface area contributed by atoms with Gasteiger partial charge in [-0.15, -0.1) is 0 Å². The Morgan fingerprint density at radius 2 is 1.71 bits per heavy atom. The van der Waals surface area contributed by atoms with Crippen molar-refractivity contribution < 1.29 is 22.7 Å². The number of aromatic hydroxyl groups is 1. The third-order valence-electron chi connectivity index (χ3n) is 2.91. The second kappa shape index (κ2) is 6.13. The highest BCUT2D eigenvalue weighted by Crippen LogP contribution is 2.31. The van der Waals surface area contributed by atoms with E-state index in [4.69, 9.17) is 0 Å². The first-order valence-corrected chi connectivity index (χ1v) is 6.20. The van der Waals surface area contributed by atoms with Crippen LogP contribution < -0.4 is 5.32 Å². The van der Waals surface area contributed by atoms with Crippen molar-refractivity contribution in [3.63, 3.8) is 0 Å². The van der Waals surface area contributed by atoms with Gasteiger partial charge in [-0.3, -0.25) is 0 Å². The van der Waals surface area contributed by atoms with E-state index in [1.807, 2.05) is 0 Å². The number of phenolic OH excluding ortho intramolecular Hbond substituents is 1. The van der Waals surface area contributed by atoms with Crippen LogP contribution in [0.5, 0.6) is 5.75 Å². The maximum absolute atomic E-state index is 13.1. The number of alkyl halides is 3. The van der Waals surface area contributed by atoms with Crippen LogP contribution in [0.25, 0.3) is 0 Å². The van der Waals surface area contributed by atoms with Crippen LogP contribution in [-0.2, 0) is 19.3 Å². The first-order chi connectivity index (χ1) is 9.86. The van der Waals surface area contributed by atoms with Crippen LogP contribution in [0.15, 0.2) is 42.5 Å². The molecular formula is C15H13F4NO. The van der Waals surface area contributed by atoms with Crippen LogP contribution in [0, 0.1) is 5.82 Å². The number of halogens is 4. The summed E-state index contributed by atoms with van der Waals surface area (Å²) in [6.07, 6.45) is -4.41. The van der Waals surface area contributed by atoms with Crippen molar-refractivity contribution in [1.82, 2.24) is 5.32 Å². The molecule has 112 valence electrons. The molecule has 6 heteroatoms. The Kier molecular flexibility index (Phi) is 4.47. The van der Waals surface area contributed by atoms with Gasteiger partial charge in [-0.1, -0.05) is 18.2 Å². The van der Waals surface area contributed by atoms with E-state index in [1.54, 1.807) is 0 Å². The lowest BCUT2D eigenvalue weighted by Crippen LogP contribution is -2.17. The van der Waals surface area contributed by atoms with E-state index < -0.39 is 17.6 Å². The fourth-order valence-electron chi connectivity index (χ4n) is 2.03. The molecule has 0 radical (unpaired) electrons. The number of rotatable bonds is 4. The minimum Gasteiger partial charge on any atom is -0.508 e. The van der Waals surface area contributed by atoms with Gasteiger partial charge in [0.05, 0.1) is 5.56 Å². The first-order valence-electron chi connectivity index (χ1n) is 6.20. The van der Waals surface area contributed by atoms with E-state index in [0.717, 1.165) is 12.1 Å². The van der Waals surface area contributed by atoms with Gasteiger partial charge in [0.2, 0.25) is 0 Å². The molecule has 0 bridgehead atoms. The highest BCUT2D eigenvalue weighted by atomic mass is 19.4. The smallest absolute Gasteiger partial charge is 0.416 e. The Morgan fingerprint density at radius 1 is 1.00 bits per heavy atom. The van der Waals surface area contributed by atoms with Gasteiger partial charge in [0.15, 0.2) is 0 Å². The van der Waals surface area contributed by atoms with Gasteiger partial charge in [-0.25, -0.2) is 4.39 Å². The van der Waals surface area contributed by atoms with Crippen LogP contribution in [0.4, 0.5) is 17.6 Å². The highest BCUT2D eigenvalue weighted by Gasteiger charge is 2.32. The molecule has 0 heterocycles. The van der Waals surface area contributed by atoms with Crippen LogP contribution in [0.2, 0.25) is 0 Å². The Labute approximate surface area is 119 Å². The summed E-state index contributed by atoms with van der Waals surface area (Å²) in [5.74, 6) is -0.815. The lowest BCUT2D eigenvalue weighted by molar-refractivity contribution is -0.138. The van der Waals surface area contributed by atoms with Crippen LogP contribution in [0.3, 0.4) is 0 Å². The molecule has 0 saturated carbocycles. The summed E-state index contributed by atoms with van der Waals surface area (Å²) in [5, 5.41) is 12.1. The molecule has 21 heavy (non-hydrogen) atoms. The monoisotopic (exact) mass is 299 g/mol. The number of hydrogen-bond acceptors (Lipinski definition) is 2. The number of hydrogen-bond donors (Lipinski definition) is 2. The van der Waals surface area contributed by atoms with E-state index in [9.17, 15) is 22.7 Å². The summed E-state index contributed by atoms with van der Waals surface area (Å²) < 4.78 is 51.4. The summed E-state index contributed by atoms with van der Waals surface area (Å²) in [6, 6.07) is 8.79. The maximum atomic E-state index is 13.1. The number of nitrogens with one attached hydrogen (secondary N) is 1. The number of phenols is 1. The van der Waals surface area contributed by atoms with Crippen molar-refractivity contribution in [3.05, 3.63) is 65.0 Å². The molecule has 2 rings (SSSR count). The minimum atomic E-state index is -4.41. The van der Waals surface area contributed by atoms with Crippen LogP contribution in [0.1, 0.15) is 16.7 Å². The van der Waals surface area contributed by atoms with E-state index in [1.165, 1.54) is 30.3 Å². The average molecular weight is 299 g/mol. The lowest BCUT2D eigenvalue weighted by atomic mass is 10.1. The zero-order chi connectivity index (χ0) is 15.5. The standard InChI is InChI=1S/C15H13F4NO/c16-12-5-10(6-13(21)7-12)8-20-9-11-3-1-2-4-14(11)15(17,18)19/h1-7,20-21H,8-9H2. The van der Waals surface area contributed by atoms with Gasteiger partial charge in [-0.05, 0) is 29.3 Å². The molecule has 2 N–H and O–H groups in total. The van der Waals surface area contributed by atoms with Gasteiger partial charge >= 0.3 is 6.18 Å². The topological polar surface area (TPSA) is 32.3 Å². The van der Waals surface area contributed by atoms with E-state index in [2.05, 4.69) is 5.32 Å². The molecule has 0 aromatic heterocycles. The van der Waals surface area contributed by atoms with E-state index in [0.29, 0.717) is 5.56 Å². The maximum Gasteiger partial charge on any atom is 0.416 e. The molecule has 0 fully saturated rings. The Morgan fingerprint density at radius 3 is 2.38 bits per heavy atom. The van der Waals surface area contributed by atoms with Gasteiger partial charge in [0.1, 0.15) is 11.6 Å². The Hall–Kier alpha value is -2.08. The van der Waals surface area contributed by atoms with Crippen molar-refractivity contribution in [2.75, 3.05) is 0 Å². The predicted octanol–water partition coefficient (Wildman–Crippen LogP) is 3.84. The molecule has 0 saturated heterocycles. The summed E-state index contributed by atoms with van der Waals surface area (Å²) in [5.41, 5.74) is -0.123. The van der Waals surface area contributed by atoms with Crippen LogP contribution >= 0.6 is 0 Å². The van der Waals surface area contributed by atoms with Gasteiger partial charge < -0.3 is 10.4 Å². The Balaban J connectivity index is 2.04. The van der Waals surface area contributed by atoms with Crippen molar-refractivity contribution >= 4 is 0 Å². The summed E-state index contributed by atoms with van der Waals surface area (Å²) >= 11 is 0. The third kappa shape index (κ3) is 4.19. The largest absolute Gasteiger partial charge is 0.508 e. The average Bonchev–Trinajstić information content (AvgIpc) is 2.37. The van der Waals surface area contributed by atoms with Gasteiger partial charge in [-0.2, -0.15) is 13.2 Å². The zero-order valence-corrected chi connectivity index (χ0v) is 10.9. The fraction of sp³-hybridized carbons (Fsp3) is 0.200. The lowest BCUT2D eigenvalue weighted by Gasteiger charge is -2.13. The van der Waals surface area contributed by atoms with Crippen molar-refractivity contribution in [2.45, 2.75) is 19.3 Å². The molecule has 2 aromatic rings. The number of benzene rings is 2. The summed E-state index contributed by atoms with van der Waals surface area (Å²) in [6.45, 7) is 0.143. The van der Waals surface area contributed by atoms with Crippen molar-refractivity contribution in [1.29, 1.82) is 0 Å². The third-order valence-corrected chi connectivity index (χ3v) is 2.91. The van der Waals surface area contributed by atoms with Crippen molar-refractivity contribution in [3.8, 4) is 5.75 Å². The first kappa shape index (κ1) is 15.3. The molecule has 2 aromatic carbocycles. The molecule has 0 aliphatic heterocycles. The minimum absolute atomic E-state index is 0.00699. The zero-order valence-electron chi connectivity index (χ0n) is 10.9. The second-order valence-corrected chi connectivity index (χ2v) is 4.58. The molecule has 0 amide bonds. The SMILES string of the molecule is Oc1cc(F)cc(CNCc2ccccc2C(F)(F)F)c1. The highest BCUT2D eigenvalue weighted by molar-refractivity contribution is 5.30. The van der Waals surface area contributed by atoms with Gasteiger partial charge in [0, 0.05) is 19.2 Å². The fourth-order valence-corrected chi connectivity index (χ4v) is 2.03. The molecule has 0 atom stereocenters. The predicted molar refractivity (Wildman–Crippen MR) is 70.1 cm³/mol. The Bertz CT molecular complexity index is 605. The molecular weight excluding hydrogens is 286 g/mol. The van der Waals surface area contributed by atoms with E-state index in [-0.39, 0.29) is 24.4 Å². The quantitative estimate of drug-likeness (QED) is 0.841.